The maximum absolute atomic E-state index is 13.7. The lowest BCUT2D eigenvalue weighted by Crippen LogP contribution is -2.44. The molecular formula is C32H40N2O5Si-. The Bertz CT molecular complexity index is 1520. The minimum absolute atomic E-state index is 0.0241. The lowest BCUT2D eigenvalue weighted by molar-refractivity contribution is -0.150. The average Bonchev–Trinajstić information content (AvgIpc) is 3.41. The number of ketones is 1. The molecule has 40 heavy (non-hydrogen) atoms. The minimum Gasteiger partial charge on any atom is -0.563 e. The minimum atomic E-state index is -1.95. The summed E-state index contributed by atoms with van der Waals surface area (Å²) in [6.45, 7) is 19.9. The van der Waals surface area contributed by atoms with Gasteiger partial charge in [-0.05, 0) is 58.1 Å². The van der Waals surface area contributed by atoms with Crippen molar-refractivity contribution in [2.24, 2.45) is 0 Å². The van der Waals surface area contributed by atoms with Gasteiger partial charge in [-0.1, -0.05) is 40.7 Å². The summed E-state index contributed by atoms with van der Waals surface area (Å²) in [5.74, 6) is -0.0794. The molecule has 1 fully saturated rings. The Morgan fingerprint density at radius 3 is 2.35 bits per heavy atom. The van der Waals surface area contributed by atoms with E-state index in [1.54, 1.807) is 12.1 Å². The topological polar surface area (TPSA) is 93.6 Å². The van der Waals surface area contributed by atoms with Gasteiger partial charge in [0.25, 0.3) is 0 Å². The molecule has 2 aromatic carbocycles. The molecule has 213 valence electrons. The molecule has 1 N–H and O–H groups in total. The number of nitrogens with zero attached hydrogens (tertiary/aromatic N) is 1. The quantitative estimate of drug-likeness (QED) is 0.332. The second-order valence-corrected chi connectivity index (χ2v) is 18.3. The van der Waals surface area contributed by atoms with E-state index >= 15 is 0 Å². The number of carbonyl (C=O) groups excluding carboxylic acids is 1. The molecular weight excluding hydrogens is 520 g/mol. The van der Waals surface area contributed by atoms with Crippen LogP contribution in [0.4, 0.5) is 0 Å². The largest absolute Gasteiger partial charge is 0.563 e. The summed E-state index contributed by atoms with van der Waals surface area (Å²) in [4.78, 5) is 17.1. The summed E-state index contributed by atoms with van der Waals surface area (Å²) in [6.07, 6.45) is -0.535. The number of carbonyl (C=O) groups is 1. The van der Waals surface area contributed by atoms with Gasteiger partial charge in [-0.2, -0.15) is 5.26 Å². The molecule has 7 nitrogen and oxygen atoms in total. The van der Waals surface area contributed by atoms with Crippen molar-refractivity contribution in [3.63, 3.8) is 0 Å². The molecule has 0 spiro atoms. The first-order valence-corrected chi connectivity index (χ1v) is 16.8. The number of hydrogen-bond acceptors (Lipinski definition) is 6. The van der Waals surface area contributed by atoms with E-state index < -0.39 is 19.5 Å². The van der Waals surface area contributed by atoms with Crippen LogP contribution in [0.3, 0.4) is 0 Å². The molecule has 8 heteroatoms. The first-order valence-electron chi connectivity index (χ1n) is 13.9. The van der Waals surface area contributed by atoms with E-state index in [1.165, 1.54) is 0 Å². The van der Waals surface area contributed by atoms with Gasteiger partial charge >= 0.3 is 0 Å². The van der Waals surface area contributed by atoms with Gasteiger partial charge in [0.05, 0.1) is 17.2 Å². The Hall–Kier alpha value is -2.96. The van der Waals surface area contributed by atoms with E-state index in [0.717, 1.165) is 22.2 Å². The number of ether oxygens (including phenoxy) is 3. The van der Waals surface area contributed by atoms with Crippen molar-refractivity contribution in [2.45, 2.75) is 90.0 Å². The van der Waals surface area contributed by atoms with E-state index in [1.807, 2.05) is 38.1 Å². The van der Waals surface area contributed by atoms with Crippen LogP contribution >= 0.6 is 0 Å². The van der Waals surface area contributed by atoms with E-state index in [2.05, 4.69) is 58.8 Å². The van der Waals surface area contributed by atoms with Crippen LogP contribution in [0.25, 0.3) is 10.9 Å². The number of nitrogens with one attached hydrogen (secondary N) is 1. The van der Waals surface area contributed by atoms with E-state index in [0.29, 0.717) is 35.7 Å². The molecule has 1 aliphatic carbocycles. The summed E-state index contributed by atoms with van der Waals surface area (Å²) in [7, 11) is -1.95. The SMILES string of the molecule is CC1(C)O[C@@H](COc2ccc3c(c2)C(C)(C)c2[nH]c4cc(C#N)ccc4c2C3=O)[C@@H](CO[Si-](C)(C)C(C)(C)C)O1. The molecule has 2 heterocycles. The van der Waals surface area contributed by atoms with Crippen LogP contribution in [0.2, 0.25) is 18.1 Å². The molecule has 1 saturated heterocycles. The number of H-pyrrole nitrogens is 1. The van der Waals surface area contributed by atoms with E-state index in [-0.39, 0.29) is 23.0 Å². The number of hydrogen-bond donors (Lipinski definition) is 1. The summed E-state index contributed by atoms with van der Waals surface area (Å²) in [6, 6.07) is 13.3. The Kier molecular flexibility index (Phi) is 6.82. The molecule has 0 unspecified atom stereocenters. The third-order valence-corrected chi connectivity index (χ3v) is 13.3. The summed E-state index contributed by atoms with van der Waals surface area (Å²) in [5.41, 5.74) is 3.96. The Morgan fingerprint density at radius 1 is 1.02 bits per heavy atom. The molecule has 5 rings (SSSR count). The number of fused-ring (bicyclic) bond motifs is 4. The zero-order valence-corrected chi connectivity index (χ0v) is 26.0. The van der Waals surface area contributed by atoms with Crippen molar-refractivity contribution in [3.05, 3.63) is 64.3 Å². The fourth-order valence-electron chi connectivity index (χ4n) is 5.45. The molecule has 2 atom stereocenters. The fraction of sp³-hybridized carbons (Fsp3) is 0.500. The predicted molar refractivity (Wildman–Crippen MR) is 157 cm³/mol. The van der Waals surface area contributed by atoms with Crippen LogP contribution in [0.1, 0.15) is 81.2 Å². The van der Waals surface area contributed by atoms with Gasteiger partial charge < -0.3 is 23.6 Å². The Labute approximate surface area is 237 Å². The smallest absolute Gasteiger partial charge is 0.195 e. The normalized spacial score (nSPS) is 21.6. The Morgan fingerprint density at radius 2 is 1.70 bits per heavy atom. The standard InChI is InChI=1S/C32H40N2O5Si/c1-30(2,3)40(8,9)37-18-26-25(38-32(6,7)39-26)17-36-20-11-13-21-23(15-20)31(4,5)29-27(28(21)35)22-12-10-19(16-33)14-24(22)34-29/h10-15,25-26,34H,17-18H2,1-9H3/q-1/t25-,26+/m0/s1. The number of aromatic amines is 1. The van der Waals surface area contributed by atoms with Crippen LogP contribution in [-0.4, -0.2) is 50.3 Å². The molecule has 0 amide bonds. The lowest BCUT2D eigenvalue weighted by atomic mass is 9.71. The number of benzene rings is 2. The van der Waals surface area contributed by atoms with Crippen LogP contribution in [0, 0.1) is 11.3 Å². The Balaban J connectivity index is 1.37. The van der Waals surface area contributed by atoms with Crippen LogP contribution in [0.5, 0.6) is 5.75 Å². The van der Waals surface area contributed by atoms with Gasteiger partial charge in [0, 0.05) is 34.2 Å². The maximum atomic E-state index is 13.7. The first-order chi connectivity index (χ1) is 18.5. The highest BCUT2D eigenvalue weighted by Crippen LogP contribution is 2.45. The average molecular weight is 561 g/mol. The van der Waals surface area contributed by atoms with Crippen molar-refractivity contribution < 1.29 is 23.4 Å². The summed E-state index contributed by atoms with van der Waals surface area (Å²) >= 11 is 0. The van der Waals surface area contributed by atoms with Crippen molar-refractivity contribution in [3.8, 4) is 11.8 Å². The fourth-order valence-corrected chi connectivity index (χ4v) is 6.46. The summed E-state index contributed by atoms with van der Waals surface area (Å²) < 4.78 is 25.2. The van der Waals surface area contributed by atoms with Crippen molar-refractivity contribution in [2.75, 3.05) is 13.2 Å². The van der Waals surface area contributed by atoms with Gasteiger partial charge in [0.15, 0.2) is 11.6 Å². The van der Waals surface area contributed by atoms with Crippen molar-refractivity contribution >= 4 is 25.0 Å². The first kappa shape index (κ1) is 28.6. The van der Waals surface area contributed by atoms with Gasteiger partial charge in [-0.25, -0.2) is 0 Å². The molecule has 3 aromatic rings. The highest BCUT2D eigenvalue weighted by Gasteiger charge is 2.43. The molecule has 2 aliphatic rings. The molecule has 1 aromatic heterocycles. The zero-order chi connectivity index (χ0) is 29.3. The second kappa shape index (κ2) is 9.56. The van der Waals surface area contributed by atoms with E-state index in [4.69, 9.17) is 18.6 Å². The van der Waals surface area contributed by atoms with Crippen LogP contribution < -0.4 is 4.74 Å². The van der Waals surface area contributed by atoms with Gasteiger partial charge in [-0.15, -0.1) is 18.1 Å². The number of aromatic nitrogens is 1. The molecule has 0 saturated carbocycles. The van der Waals surface area contributed by atoms with Gasteiger partial charge in [0.1, 0.15) is 24.6 Å². The van der Waals surface area contributed by atoms with Gasteiger partial charge in [-0.3, -0.25) is 4.79 Å². The summed E-state index contributed by atoms with van der Waals surface area (Å²) in [5, 5.41) is 10.3. The number of nitriles is 1. The van der Waals surface area contributed by atoms with Crippen molar-refractivity contribution in [1.29, 1.82) is 5.26 Å². The lowest BCUT2D eigenvalue weighted by Gasteiger charge is -2.49. The van der Waals surface area contributed by atoms with Crippen LogP contribution in [-0.2, 0) is 19.3 Å². The predicted octanol–water partition coefficient (Wildman–Crippen LogP) is 6.83. The van der Waals surface area contributed by atoms with E-state index in [9.17, 15) is 10.1 Å². The molecule has 0 radical (unpaired) electrons. The molecule has 0 bridgehead atoms. The third kappa shape index (κ3) is 4.90. The highest BCUT2D eigenvalue weighted by molar-refractivity contribution is 6.74. The maximum Gasteiger partial charge on any atom is 0.195 e. The highest BCUT2D eigenvalue weighted by atomic mass is 28.4. The number of rotatable bonds is 6. The van der Waals surface area contributed by atoms with Gasteiger partial charge in [0.2, 0.25) is 0 Å². The van der Waals surface area contributed by atoms with Crippen molar-refractivity contribution in [1.82, 2.24) is 4.98 Å². The second-order valence-electron chi connectivity index (χ2n) is 13.5. The third-order valence-electron chi connectivity index (χ3n) is 8.80. The van der Waals surface area contributed by atoms with Crippen LogP contribution in [0.15, 0.2) is 36.4 Å². The zero-order valence-electron chi connectivity index (χ0n) is 25.0. The monoisotopic (exact) mass is 560 g/mol. The molecule has 1 aliphatic heterocycles.